The van der Waals surface area contributed by atoms with Crippen LogP contribution in [0.25, 0.3) is 0 Å². The van der Waals surface area contributed by atoms with Crippen LogP contribution in [-0.4, -0.2) is 15.6 Å². The molecule has 0 saturated carbocycles. The Balaban J connectivity index is 2.83. The van der Waals surface area contributed by atoms with Gasteiger partial charge < -0.3 is 0 Å². The molecule has 0 rings (SSSR count). The lowest BCUT2D eigenvalue weighted by molar-refractivity contribution is -0.267. The summed E-state index contributed by atoms with van der Waals surface area (Å²) in [6.07, 6.45) is 0.861. The first kappa shape index (κ1) is 4.46. The van der Waals surface area contributed by atoms with Gasteiger partial charge in [0.2, 0.25) is 0 Å². The minimum Gasteiger partial charge on any atom is -0.264 e. The van der Waals surface area contributed by atoms with Gasteiger partial charge in [-0.3, -0.25) is 10.4 Å². The van der Waals surface area contributed by atoms with Crippen LogP contribution in [0.15, 0.2) is 12.8 Å². The third-order valence-corrected chi connectivity index (χ3v) is 0.163. The van der Waals surface area contributed by atoms with Gasteiger partial charge in [0.25, 0.3) is 0 Å². The summed E-state index contributed by atoms with van der Waals surface area (Å²) < 4.78 is 0. The quantitative estimate of drug-likeness (QED) is 0.438. The van der Waals surface area contributed by atoms with Crippen LogP contribution in [0.5, 0.6) is 0 Å². The zero-order valence-corrected chi connectivity index (χ0v) is 2.63. The molecule has 0 aromatic carbocycles. The van der Waals surface area contributed by atoms with Crippen molar-refractivity contribution >= 4 is 0 Å². The highest BCUT2D eigenvalue weighted by atomic mass is 16.8. The monoisotopic (exact) mass is 75.0 g/mol. The fourth-order valence-corrected chi connectivity index (χ4v) is 0. The highest BCUT2D eigenvalue weighted by Gasteiger charge is 1.66. The lowest BCUT2D eigenvalue weighted by Crippen LogP contribution is -2.00. The van der Waals surface area contributed by atoms with Gasteiger partial charge in [0.15, 0.2) is 0 Å². The summed E-state index contributed by atoms with van der Waals surface area (Å²) >= 11 is 0. The van der Waals surface area contributed by atoms with Crippen LogP contribution < -0.4 is 0 Å². The molecule has 0 fully saturated rings. The highest BCUT2D eigenvalue weighted by molar-refractivity contribution is 4.50. The van der Waals surface area contributed by atoms with Crippen molar-refractivity contribution < 1.29 is 10.4 Å². The van der Waals surface area contributed by atoms with Crippen molar-refractivity contribution in [2.24, 2.45) is 0 Å². The summed E-state index contributed by atoms with van der Waals surface area (Å²) in [5, 5.41) is 15.2. The Bertz CT molecular complexity index is 34.6. The van der Waals surface area contributed by atoms with E-state index in [4.69, 9.17) is 10.4 Å². The molecular weight excluding hydrogens is 70.0 g/mol. The fourth-order valence-electron chi connectivity index (χ4n) is 0. The van der Waals surface area contributed by atoms with Crippen molar-refractivity contribution in [3.63, 3.8) is 0 Å². The minimum absolute atomic E-state index is 0.111. The summed E-state index contributed by atoms with van der Waals surface area (Å²) in [5.74, 6) is 0. The summed E-state index contributed by atoms with van der Waals surface area (Å²) in [4.78, 5) is 0. The molecule has 0 spiro atoms. The lowest BCUT2D eigenvalue weighted by atomic mass is 11.1. The van der Waals surface area contributed by atoms with Gasteiger partial charge in [0.05, 0.1) is 6.20 Å². The van der Waals surface area contributed by atoms with E-state index in [1.54, 1.807) is 0 Å². The van der Waals surface area contributed by atoms with Crippen LogP contribution in [0, 0.1) is 0 Å². The predicted molar refractivity (Wildman–Crippen MR) is 15.6 cm³/mol. The van der Waals surface area contributed by atoms with Gasteiger partial charge in [-0.05, 0) is 0 Å². The van der Waals surface area contributed by atoms with Crippen molar-refractivity contribution in [3.8, 4) is 0 Å². The van der Waals surface area contributed by atoms with Crippen molar-refractivity contribution in [1.82, 2.24) is 5.23 Å². The number of rotatable bonds is 1. The first-order chi connectivity index (χ1) is 2.27. The molecule has 0 amide bonds. The minimum atomic E-state index is -0.111. The first-order valence-corrected chi connectivity index (χ1v) is 1.07. The molecular formula is C2H5NO2. The van der Waals surface area contributed by atoms with Gasteiger partial charge in [0, 0.05) is 0 Å². The van der Waals surface area contributed by atoms with E-state index in [1.165, 1.54) is 0 Å². The van der Waals surface area contributed by atoms with Crippen LogP contribution in [0.1, 0.15) is 0 Å². The zero-order chi connectivity index (χ0) is 4.28. The van der Waals surface area contributed by atoms with Crippen LogP contribution in [0.4, 0.5) is 0 Å². The van der Waals surface area contributed by atoms with E-state index in [9.17, 15) is 0 Å². The average Bonchev–Trinajstić information content (AvgIpc) is 1.38. The molecule has 0 unspecified atom stereocenters. The molecule has 0 saturated heterocycles. The maximum atomic E-state index is 7.63. The molecule has 0 aliphatic rings. The van der Waals surface area contributed by atoms with Crippen molar-refractivity contribution in [2.45, 2.75) is 0 Å². The molecule has 0 aromatic heterocycles. The molecule has 2 N–H and O–H groups in total. The second-order valence-corrected chi connectivity index (χ2v) is 0.503. The molecule has 5 heavy (non-hydrogen) atoms. The second kappa shape index (κ2) is 1.75. The topological polar surface area (TPSA) is 43.7 Å². The van der Waals surface area contributed by atoms with Gasteiger partial charge in [-0.25, -0.2) is 0 Å². The predicted octanol–water partition coefficient (Wildman–Crippen LogP) is 0.210. The number of hydrogen-bond acceptors (Lipinski definition) is 3. The van der Waals surface area contributed by atoms with Crippen molar-refractivity contribution in [1.29, 1.82) is 0 Å². The number of hydrogen-bond donors (Lipinski definition) is 2. The molecule has 0 bridgehead atoms. The third kappa shape index (κ3) is 3.46. The largest absolute Gasteiger partial charge is 0.264 e. The summed E-state index contributed by atoms with van der Waals surface area (Å²) in [5.41, 5.74) is 0. The maximum absolute atomic E-state index is 7.63. The van der Waals surface area contributed by atoms with Crippen molar-refractivity contribution in [3.05, 3.63) is 12.8 Å². The van der Waals surface area contributed by atoms with Gasteiger partial charge in [-0.1, -0.05) is 6.58 Å². The molecule has 3 heteroatoms. The number of nitrogens with zero attached hydrogens (tertiary/aromatic N) is 1. The smallest absolute Gasteiger partial charge is 0.0510 e. The van der Waals surface area contributed by atoms with Gasteiger partial charge in [-0.15, -0.1) is 5.23 Å². The van der Waals surface area contributed by atoms with Crippen LogP contribution in [0.2, 0.25) is 0 Å². The highest BCUT2D eigenvalue weighted by Crippen LogP contribution is 1.62. The average molecular weight is 75.1 g/mol. The van der Waals surface area contributed by atoms with E-state index in [0.717, 1.165) is 6.20 Å². The van der Waals surface area contributed by atoms with Gasteiger partial charge >= 0.3 is 0 Å². The molecule has 0 radical (unpaired) electrons. The standard InChI is InChI=1S/C2H5NO2/c1-2-3(4)5/h2,4-5H,1H2. The Hall–Kier alpha value is -0.540. The maximum Gasteiger partial charge on any atom is 0.0510 e. The van der Waals surface area contributed by atoms with Crippen LogP contribution in [0.3, 0.4) is 0 Å². The van der Waals surface area contributed by atoms with E-state index in [-0.39, 0.29) is 5.23 Å². The SMILES string of the molecule is C=CN(O)O. The third-order valence-electron chi connectivity index (χ3n) is 0.163. The molecule has 0 aromatic rings. The van der Waals surface area contributed by atoms with Crippen molar-refractivity contribution in [2.75, 3.05) is 0 Å². The van der Waals surface area contributed by atoms with E-state index >= 15 is 0 Å². The Morgan fingerprint density at radius 3 is 1.80 bits per heavy atom. The van der Waals surface area contributed by atoms with E-state index < -0.39 is 0 Å². The Kier molecular flexibility index (Phi) is 1.56. The molecule has 0 aliphatic heterocycles. The fraction of sp³-hybridized carbons (Fsp3) is 0. The molecule has 3 nitrogen and oxygen atoms in total. The molecule has 0 heterocycles. The molecule has 30 valence electrons. The van der Waals surface area contributed by atoms with E-state index in [1.807, 2.05) is 0 Å². The first-order valence-electron chi connectivity index (χ1n) is 1.07. The zero-order valence-electron chi connectivity index (χ0n) is 2.63. The molecule has 0 atom stereocenters. The number of hydroxylamine groups is 2. The Morgan fingerprint density at radius 2 is 1.80 bits per heavy atom. The Labute approximate surface area is 29.7 Å². The summed E-state index contributed by atoms with van der Waals surface area (Å²) in [7, 11) is 0. The lowest BCUT2D eigenvalue weighted by Gasteiger charge is -1.93. The van der Waals surface area contributed by atoms with Gasteiger partial charge in [0.1, 0.15) is 0 Å². The van der Waals surface area contributed by atoms with E-state index in [0.29, 0.717) is 0 Å². The van der Waals surface area contributed by atoms with Gasteiger partial charge in [-0.2, -0.15) is 0 Å². The Morgan fingerprint density at radius 1 is 1.60 bits per heavy atom. The summed E-state index contributed by atoms with van der Waals surface area (Å²) in [6.45, 7) is 2.99. The summed E-state index contributed by atoms with van der Waals surface area (Å²) in [6, 6.07) is 0. The normalized spacial score (nSPS) is 6.80. The van der Waals surface area contributed by atoms with Crippen LogP contribution in [-0.2, 0) is 0 Å². The van der Waals surface area contributed by atoms with Crippen LogP contribution >= 0.6 is 0 Å². The molecule has 0 aliphatic carbocycles. The van der Waals surface area contributed by atoms with E-state index in [2.05, 4.69) is 6.58 Å². The second-order valence-electron chi connectivity index (χ2n) is 0.503.